The van der Waals surface area contributed by atoms with Gasteiger partial charge in [0, 0.05) is 6.92 Å². The lowest BCUT2D eigenvalue weighted by atomic mass is 10.2. The second kappa shape index (κ2) is 8.04. The molecule has 0 unspecified atom stereocenters. The van der Waals surface area contributed by atoms with Gasteiger partial charge in [0.25, 0.3) is 0 Å². The summed E-state index contributed by atoms with van der Waals surface area (Å²) in [5.74, 6) is -0.213. The van der Waals surface area contributed by atoms with E-state index in [2.05, 4.69) is 35.9 Å². The number of hydrogen-bond acceptors (Lipinski definition) is 2. The largest absolute Gasteiger partial charge is 0.463 e. The second-order valence-electron chi connectivity index (χ2n) is 3.50. The van der Waals surface area contributed by atoms with Crippen molar-refractivity contribution in [2.24, 2.45) is 0 Å². The standard InChI is InChI=1S/C8H10.C5H10O2/c1-2-8-6-4-3-5-7-8;1-4(2)7-5(3)6/h3-7H,2H2,1H3;4H,1-3H3. The fourth-order valence-corrected chi connectivity index (χ4v) is 1.05. The van der Waals surface area contributed by atoms with Crippen LogP contribution in [0, 0.1) is 0 Å². The molecule has 0 radical (unpaired) electrons. The Kier molecular flexibility index (Phi) is 7.33. The first kappa shape index (κ1) is 13.7. The van der Waals surface area contributed by atoms with E-state index in [1.54, 1.807) is 0 Å². The van der Waals surface area contributed by atoms with Crippen LogP contribution in [-0.2, 0) is 16.0 Å². The maximum atomic E-state index is 10.0. The smallest absolute Gasteiger partial charge is 0.302 e. The third-order valence-corrected chi connectivity index (χ3v) is 1.65. The molecule has 2 nitrogen and oxygen atoms in total. The van der Waals surface area contributed by atoms with E-state index in [1.165, 1.54) is 12.5 Å². The minimum atomic E-state index is -0.213. The maximum Gasteiger partial charge on any atom is 0.302 e. The van der Waals surface area contributed by atoms with Gasteiger partial charge in [-0.2, -0.15) is 0 Å². The van der Waals surface area contributed by atoms with Crippen LogP contribution in [0.5, 0.6) is 0 Å². The topological polar surface area (TPSA) is 26.3 Å². The van der Waals surface area contributed by atoms with Gasteiger partial charge in [0.05, 0.1) is 6.10 Å². The lowest BCUT2D eigenvalue weighted by Gasteiger charge is -2.01. The van der Waals surface area contributed by atoms with Crippen molar-refractivity contribution in [1.29, 1.82) is 0 Å². The van der Waals surface area contributed by atoms with Crippen LogP contribution in [0.25, 0.3) is 0 Å². The molecule has 1 aromatic carbocycles. The van der Waals surface area contributed by atoms with Crippen molar-refractivity contribution in [2.45, 2.75) is 40.2 Å². The van der Waals surface area contributed by atoms with Crippen LogP contribution < -0.4 is 0 Å². The molecule has 0 bridgehead atoms. The molecule has 0 aliphatic rings. The van der Waals surface area contributed by atoms with Crippen molar-refractivity contribution >= 4 is 5.97 Å². The van der Waals surface area contributed by atoms with E-state index in [9.17, 15) is 4.79 Å². The monoisotopic (exact) mass is 208 g/mol. The van der Waals surface area contributed by atoms with Crippen molar-refractivity contribution in [1.82, 2.24) is 0 Å². The summed E-state index contributed by atoms with van der Waals surface area (Å²) in [5.41, 5.74) is 1.41. The molecule has 1 rings (SSSR count). The summed E-state index contributed by atoms with van der Waals surface area (Å²) in [6, 6.07) is 10.5. The molecule has 0 heterocycles. The van der Waals surface area contributed by atoms with Crippen molar-refractivity contribution in [3.63, 3.8) is 0 Å². The molecule has 1 aromatic rings. The first-order chi connectivity index (χ1) is 7.06. The molecule has 0 fully saturated rings. The van der Waals surface area contributed by atoms with Crippen LogP contribution in [0.3, 0.4) is 0 Å². The predicted octanol–water partition coefficient (Wildman–Crippen LogP) is 3.21. The molecule has 0 saturated heterocycles. The van der Waals surface area contributed by atoms with Crippen molar-refractivity contribution in [2.75, 3.05) is 0 Å². The summed E-state index contributed by atoms with van der Waals surface area (Å²) in [7, 11) is 0. The van der Waals surface area contributed by atoms with Crippen LogP contribution in [0.1, 0.15) is 33.3 Å². The fourth-order valence-electron chi connectivity index (χ4n) is 1.05. The van der Waals surface area contributed by atoms with Gasteiger partial charge in [0.2, 0.25) is 0 Å². The Morgan fingerprint density at radius 1 is 1.27 bits per heavy atom. The van der Waals surface area contributed by atoms with Gasteiger partial charge in [-0.05, 0) is 25.8 Å². The number of esters is 1. The first-order valence-electron chi connectivity index (χ1n) is 5.27. The van der Waals surface area contributed by atoms with Gasteiger partial charge in [-0.25, -0.2) is 0 Å². The summed E-state index contributed by atoms with van der Waals surface area (Å²) < 4.78 is 4.61. The molecule has 0 aliphatic carbocycles. The van der Waals surface area contributed by atoms with Crippen LogP contribution in [-0.4, -0.2) is 12.1 Å². The van der Waals surface area contributed by atoms with E-state index in [4.69, 9.17) is 0 Å². The molecule has 0 aliphatic heterocycles. The quantitative estimate of drug-likeness (QED) is 0.698. The van der Waals surface area contributed by atoms with Crippen LogP contribution in [0.15, 0.2) is 30.3 Å². The lowest BCUT2D eigenvalue weighted by molar-refractivity contribution is -0.144. The van der Waals surface area contributed by atoms with Crippen molar-refractivity contribution in [3.8, 4) is 0 Å². The maximum absolute atomic E-state index is 10.0. The van der Waals surface area contributed by atoms with Crippen LogP contribution in [0.2, 0.25) is 0 Å². The van der Waals surface area contributed by atoms with E-state index >= 15 is 0 Å². The highest BCUT2D eigenvalue weighted by molar-refractivity contribution is 5.66. The molecule has 84 valence electrons. The summed E-state index contributed by atoms with van der Waals surface area (Å²) in [6.45, 7) is 7.21. The number of carbonyl (C=O) groups excluding carboxylic acids is 1. The van der Waals surface area contributed by atoms with Gasteiger partial charge in [-0.15, -0.1) is 0 Å². The van der Waals surface area contributed by atoms with E-state index in [0.29, 0.717) is 0 Å². The Balaban J connectivity index is 0.000000265. The molecule has 0 N–H and O–H groups in total. The molecule has 0 saturated carbocycles. The number of hydrogen-bond donors (Lipinski definition) is 0. The van der Waals surface area contributed by atoms with Gasteiger partial charge in [-0.3, -0.25) is 4.79 Å². The summed E-state index contributed by atoms with van der Waals surface area (Å²) in [4.78, 5) is 10.0. The zero-order valence-electron chi connectivity index (χ0n) is 9.99. The van der Waals surface area contributed by atoms with Gasteiger partial charge in [0.15, 0.2) is 0 Å². The van der Waals surface area contributed by atoms with Gasteiger partial charge < -0.3 is 4.74 Å². The number of rotatable bonds is 2. The van der Waals surface area contributed by atoms with E-state index < -0.39 is 0 Å². The minimum Gasteiger partial charge on any atom is -0.463 e. The van der Waals surface area contributed by atoms with Crippen LogP contribution >= 0.6 is 0 Å². The first-order valence-corrected chi connectivity index (χ1v) is 5.27. The lowest BCUT2D eigenvalue weighted by Crippen LogP contribution is -2.06. The van der Waals surface area contributed by atoms with E-state index in [-0.39, 0.29) is 12.1 Å². The number of ether oxygens (including phenoxy) is 1. The summed E-state index contributed by atoms with van der Waals surface area (Å²) in [6.07, 6.45) is 1.17. The van der Waals surface area contributed by atoms with E-state index in [1.807, 2.05) is 19.9 Å². The van der Waals surface area contributed by atoms with Gasteiger partial charge >= 0.3 is 5.97 Å². The highest BCUT2D eigenvalue weighted by atomic mass is 16.5. The van der Waals surface area contributed by atoms with E-state index in [0.717, 1.165) is 6.42 Å². The third-order valence-electron chi connectivity index (χ3n) is 1.65. The SMILES string of the molecule is CC(=O)OC(C)C.CCc1ccccc1. The molecule has 0 amide bonds. The Bertz CT molecular complexity index is 265. The molecule has 2 heteroatoms. The van der Waals surface area contributed by atoms with Crippen molar-refractivity contribution in [3.05, 3.63) is 35.9 Å². The molecule has 0 spiro atoms. The predicted molar refractivity (Wildman–Crippen MR) is 62.7 cm³/mol. The Morgan fingerprint density at radius 3 is 2.00 bits per heavy atom. The van der Waals surface area contributed by atoms with Gasteiger partial charge in [0.1, 0.15) is 0 Å². The summed E-state index contributed by atoms with van der Waals surface area (Å²) >= 11 is 0. The highest BCUT2D eigenvalue weighted by Crippen LogP contribution is 1.96. The molecule has 0 atom stereocenters. The Labute approximate surface area is 92.3 Å². The zero-order valence-corrected chi connectivity index (χ0v) is 9.99. The normalized spacial score (nSPS) is 9.13. The van der Waals surface area contributed by atoms with Crippen LogP contribution in [0.4, 0.5) is 0 Å². The molecular formula is C13H20O2. The average Bonchev–Trinajstić information content (AvgIpc) is 2.18. The minimum absolute atomic E-state index is 0.0255. The average molecular weight is 208 g/mol. The second-order valence-corrected chi connectivity index (χ2v) is 3.50. The molecule has 0 aromatic heterocycles. The summed E-state index contributed by atoms with van der Waals surface area (Å²) in [5, 5.41) is 0. The number of aryl methyl sites for hydroxylation is 1. The molecular weight excluding hydrogens is 188 g/mol. The molecule has 15 heavy (non-hydrogen) atoms. The van der Waals surface area contributed by atoms with Crippen molar-refractivity contribution < 1.29 is 9.53 Å². The Morgan fingerprint density at radius 2 is 1.80 bits per heavy atom. The third kappa shape index (κ3) is 9.01. The number of benzene rings is 1. The zero-order chi connectivity index (χ0) is 11.7. The Hall–Kier alpha value is -1.31. The highest BCUT2D eigenvalue weighted by Gasteiger charge is 1.93. The van der Waals surface area contributed by atoms with Gasteiger partial charge in [-0.1, -0.05) is 37.3 Å². The number of carbonyl (C=O) groups is 1. The fraction of sp³-hybridized carbons (Fsp3) is 0.462.